The van der Waals surface area contributed by atoms with E-state index in [2.05, 4.69) is 0 Å². The highest BCUT2D eigenvalue weighted by Gasteiger charge is 2.08. The number of benzene rings is 1. The third-order valence-corrected chi connectivity index (χ3v) is 4.56. The van der Waals surface area contributed by atoms with E-state index in [4.69, 9.17) is 4.74 Å². The first kappa shape index (κ1) is 14.7. The van der Waals surface area contributed by atoms with Crippen molar-refractivity contribution in [3.05, 3.63) is 48.0 Å². The molecule has 0 saturated carbocycles. The lowest BCUT2D eigenvalue weighted by atomic mass is 10.2. The Kier molecular flexibility index (Phi) is 7.06. The summed E-state index contributed by atoms with van der Waals surface area (Å²) in [5.74, 6) is -0.309. The molecule has 0 saturated heterocycles. The van der Waals surface area contributed by atoms with Gasteiger partial charge in [-0.1, -0.05) is 36.4 Å². The Morgan fingerprint density at radius 3 is 2.78 bits per heavy atom. The molecule has 1 N–H and O–H groups in total. The highest BCUT2D eigenvalue weighted by atomic mass is 28.3. The molecule has 1 unspecified atom stereocenters. The number of allylic oxidation sites excluding steroid dienone is 1. The average molecular weight is 264 g/mol. The summed E-state index contributed by atoms with van der Waals surface area (Å²) in [5, 5.41) is 0. The van der Waals surface area contributed by atoms with Crippen LogP contribution in [-0.2, 0) is 15.6 Å². The van der Waals surface area contributed by atoms with Crippen molar-refractivity contribution in [1.82, 2.24) is 0 Å². The standard InChI is InChI=1S/C14H20O3Si/c1-2-7-14(15)17-10-6-11-18(16)12-13-8-4-3-5-9-13/h2-5,7-9,16,18H,6,10-12H2,1H3. The van der Waals surface area contributed by atoms with Gasteiger partial charge in [-0.05, 0) is 31.0 Å². The average Bonchev–Trinajstić information content (AvgIpc) is 2.36. The zero-order chi connectivity index (χ0) is 13.2. The van der Waals surface area contributed by atoms with E-state index >= 15 is 0 Å². The Morgan fingerprint density at radius 2 is 2.11 bits per heavy atom. The van der Waals surface area contributed by atoms with Gasteiger partial charge in [0.1, 0.15) is 0 Å². The van der Waals surface area contributed by atoms with E-state index < -0.39 is 9.04 Å². The second kappa shape index (κ2) is 8.66. The third-order valence-electron chi connectivity index (χ3n) is 2.54. The number of hydrogen-bond acceptors (Lipinski definition) is 3. The number of carbonyl (C=O) groups is 1. The minimum Gasteiger partial charge on any atom is -0.463 e. The molecule has 1 aromatic carbocycles. The SMILES string of the molecule is CC=CC(=O)OCCC[SiH](O)Cc1ccccc1. The summed E-state index contributed by atoms with van der Waals surface area (Å²) in [5.41, 5.74) is 1.18. The molecule has 0 fully saturated rings. The number of hydrogen-bond donors (Lipinski definition) is 1. The van der Waals surface area contributed by atoms with Gasteiger partial charge in [0.15, 0.2) is 9.04 Å². The van der Waals surface area contributed by atoms with Crippen LogP contribution in [0, 0.1) is 0 Å². The summed E-state index contributed by atoms with van der Waals surface area (Å²) in [6.45, 7) is 2.17. The van der Waals surface area contributed by atoms with Gasteiger partial charge in [0.25, 0.3) is 0 Å². The molecule has 3 nitrogen and oxygen atoms in total. The molecule has 0 heterocycles. The molecule has 4 heteroatoms. The molecular formula is C14H20O3Si. The van der Waals surface area contributed by atoms with Crippen LogP contribution in [-0.4, -0.2) is 26.4 Å². The van der Waals surface area contributed by atoms with Crippen LogP contribution in [0.4, 0.5) is 0 Å². The monoisotopic (exact) mass is 264 g/mol. The molecule has 0 spiro atoms. The lowest BCUT2D eigenvalue weighted by Gasteiger charge is -2.08. The first-order chi connectivity index (χ1) is 8.72. The number of carbonyl (C=O) groups excluding carboxylic acids is 1. The second-order valence-corrected chi connectivity index (χ2v) is 6.45. The van der Waals surface area contributed by atoms with E-state index in [1.54, 1.807) is 13.0 Å². The second-order valence-electron chi connectivity index (χ2n) is 4.15. The summed E-state index contributed by atoms with van der Waals surface area (Å²) >= 11 is 0. The number of rotatable bonds is 7. The predicted octanol–water partition coefficient (Wildman–Crippen LogP) is 1.99. The molecule has 0 bridgehead atoms. The van der Waals surface area contributed by atoms with E-state index in [-0.39, 0.29) is 5.97 Å². The Labute approximate surface area is 110 Å². The van der Waals surface area contributed by atoms with E-state index in [1.165, 1.54) is 11.6 Å². The fourth-order valence-corrected chi connectivity index (χ4v) is 3.32. The van der Waals surface area contributed by atoms with Crippen LogP contribution in [0.3, 0.4) is 0 Å². The van der Waals surface area contributed by atoms with Gasteiger partial charge in [0.2, 0.25) is 0 Å². The van der Waals surface area contributed by atoms with Crippen LogP contribution in [0.2, 0.25) is 6.04 Å². The zero-order valence-corrected chi connectivity index (χ0v) is 11.9. The van der Waals surface area contributed by atoms with Crippen molar-refractivity contribution in [2.45, 2.75) is 25.4 Å². The van der Waals surface area contributed by atoms with Crippen molar-refractivity contribution < 1.29 is 14.3 Å². The lowest BCUT2D eigenvalue weighted by Crippen LogP contribution is -2.17. The molecule has 1 aromatic rings. The van der Waals surface area contributed by atoms with E-state index in [9.17, 15) is 9.59 Å². The van der Waals surface area contributed by atoms with Crippen LogP contribution in [0.25, 0.3) is 0 Å². The van der Waals surface area contributed by atoms with Gasteiger partial charge in [0, 0.05) is 6.08 Å². The van der Waals surface area contributed by atoms with Gasteiger partial charge >= 0.3 is 5.97 Å². The van der Waals surface area contributed by atoms with E-state index in [1.807, 2.05) is 30.3 Å². The van der Waals surface area contributed by atoms with Crippen molar-refractivity contribution >= 4 is 15.0 Å². The summed E-state index contributed by atoms with van der Waals surface area (Å²) < 4.78 is 4.97. The number of ether oxygens (including phenoxy) is 1. The highest BCUT2D eigenvalue weighted by molar-refractivity contribution is 6.49. The van der Waals surface area contributed by atoms with Gasteiger partial charge in [-0.3, -0.25) is 0 Å². The molecule has 1 rings (SSSR count). The maximum Gasteiger partial charge on any atom is 0.330 e. The lowest BCUT2D eigenvalue weighted by molar-refractivity contribution is -0.137. The third kappa shape index (κ3) is 6.37. The van der Waals surface area contributed by atoms with Crippen LogP contribution in [0.15, 0.2) is 42.5 Å². The van der Waals surface area contributed by atoms with Crippen LogP contribution < -0.4 is 0 Å². The van der Waals surface area contributed by atoms with Crippen molar-refractivity contribution in [3.8, 4) is 0 Å². The minimum atomic E-state index is -1.72. The Morgan fingerprint density at radius 1 is 1.39 bits per heavy atom. The molecule has 0 amide bonds. The zero-order valence-electron chi connectivity index (χ0n) is 10.7. The maximum atomic E-state index is 11.0. The quantitative estimate of drug-likeness (QED) is 0.354. The molecule has 0 radical (unpaired) electrons. The molecule has 98 valence electrons. The molecule has 0 aromatic heterocycles. The minimum absolute atomic E-state index is 0.309. The Balaban J connectivity index is 2.14. The van der Waals surface area contributed by atoms with Crippen molar-refractivity contribution in [2.75, 3.05) is 6.61 Å². The van der Waals surface area contributed by atoms with Crippen LogP contribution >= 0.6 is 0 Å². The van der Waals surface area contributed by atoms with E-state index in [0.29, 0.717) is 6.61 Å². The Bertz CT molecular complexity index is 376. The first-order valence-corrected chi connectivity index (χ1v) is 8.38. The smallest absolute Gasteiger partial charge is 0.330 e. The summed E-state index contributed by atoms with van der Waals surface area (Å²) in [7, 11) is -1.72. The fraction of sp³-hybridized carbons (Fsp3) is 0.357. The Hall–Kier alpha value is -1.39. The normalized spacial score (nSPS) is 12.6. The molecule has 0 aliphatic heterocycles. The summed E-state index contributed by atoms with van der Waals surface area (Å²) in [6, 6.07) is 11.6. The predicted molar refractivity (Wildman–Crippen MR) is 74.7 cm³/mol. The molecule has 0 aliphatic rings. The van der Waals surface area contributed by atoms with Gasteiger partial charge in [-0.15, -0.1) is 0 Å². The van der Waals surface area contributed by atoms with Gasteiger partial charge < -0.3 is 9.53 Å². The maximum absolute atomic E-state index is 11.0. The topological polar surface area (TPSA) is 46.5 Å². The first-order valence-electron chi connectivity index (χ1n) is 6.24. The van der Waals surface area contributed by atoms with Crippen molar-refractivity contribution in [2.24, 2.45) is 0 Å². The number of esters is 1. The fourth-order valence-electron chi connectivity index (χ4n) is 1.66. The van der Waals surface area contributed by atoms with Crippen molar-refractivity contribution in [3.63, 3.8) is 0 Å². The van der Waals surface area contributed by atoms with E-state index in [0.717, 1.165) is 18.5 Å². The van der Waals surface area contributed by atoms with Gasteiger partial charge in [-0.2, -0.15) is 0 Å². The van der Waals surface area contributed by atoms with Gasteiger partial charge in [-0.25, -0.2) is 4.79 Å². The molecule has 18 heavy (non-hydrogen) atoms. The van der Waals surface area contributed by atoms with Crippen molar-refractivity contribution in [1.29, 1.82) is 0 Å². The molecule has 0 aliphatic carbocycles. The summed E-state index contributed by atoms with van der Waals surface area (Å²) in [4.78, 5) is 21.0. The van der Waals surface area contributed by atoms with Crippen LogP contribution in [0.5, 0.6) is 0 Å². The molecule has 1 atom stereocenters. The molecular weight excluding hydrogens is 244 g/mol. The highest BCUT2D eigenvalue weighted by Crippen LogP contribution is 2.05. The summed E-state index contributed by atoms with van der Waals surface area (Å²) in [6.07, 6.45) is 3.79. The van der Waals surface area contributed by atoms with Gasteiger partial charge in [0.05, 0.1) is 6.61 Å². The van der Waals surface area contributed by atoms with Crippen LogP contribution in [0.1, 0.15) is 18.9 Å². The largest absolute Gasteiger partial charge is 0.463 e.